The molecule has 0 spiro atoms. The molecule has 2 aliphatic heterocycles. The number of fused-ring (bicyclic) bond motifs is 1. The second-order valence-corrected chi connectivity index (χ2v) is 8.49. The van der Waals surface area contributed by atoms with Crippen LogP contribution in [0.2, 0.25) is 0 Å². The fourth-order valence-corrected chi connectivity index (χ4v) is 4.88. The number of benzene rings is 1. The number of carbonyl (C=O) groups excluding carboxylic acids is 2. The van der Waals surface area contributed by atoms with Crippen molar-refractivity contribution in [1.29, 1.82) is 0 Å². The number of nitrogens with one attached hydrogen (secondary N) is 1. The normalized spacial score (nSPS) is 20.9. The molecule has 4 rings (SSSR count). The van der Waals surface area contributed by atoms with Crippen molar-refractivity contribution in [2.24, 2.45) is 5.92 Å². The van der Waals surface area contributed by atoms with Crippen LogP contribution in [-0.4, -0.2) is 61.0 Å². The smallest absolute Gasteiger partial charge is 0.321 e. The molecule has 1 saturated carbocycles. The molecule has 0 unspecified atom stereocenters. The Balaban J connectivity index is 1.27. The monoisotopic (exact) mass is 384 g/mol. The summed E-state index contributed by atoms with van der Waals surface area (Å²) in [6, 6.07) is 5.84. The second kappa shape index (κ2) is 8.52. The molecule has 0 radical (unpaired) electrons. The molecule has 1 aliphatic carbocycles. The summed E-state index contributed by atoms with van der Waals surface area (Å²) in [5.41, 5.74) is 2.92. The van der Waals surface area contributed by atoms with Gasteiger partial charge in [-0.3, -0.25) is 9.69 Å². The maximum atomic E-state index is 12.7. The van der Waals surface area contributed by atoms with E-state index in [0.717, 1.165) is 62.0 Å². The predicted octanol–water partition coefficient (Wildman–Crippen LogP) is 3.33. The second-order valence-electron chi connectivity index (χ2n) is 8.49. The third kappa shape index (κ3) is 4.32. The predicted molar refractivity (Wildman–Crippen MR) is 112 cm³/mol. The molecule has 3 amide bonds. The molecule has 152 valence electrons. The molecular weight excluding hydrogens is 352 g/mol. The van der Waals surface area contributed by atoms with E-state index in [1.165, 1.54) is 38.6 Å². The van der Waals surface area contributed by atoms with E-state index < -0.39 is 0 Å². The van der Waals surface area contributed by atoms with Crippen molar-refractivity contribution >= 4 is 23.3 Å². The fourth-order valence-electron chi connectivity index (χ4n) is 4.88. The Hall–Kier alpha value is -2.08. The van der Waals surface area contributed by atoms with Gasteiger partial charge in [-0.05, 0) is 48.9 Å². The number of piperazine rings is 1. The van der Waals surface area contributed by atoms with E-state index in [1.54, 1.807) is 11.8 Å². The van der Waals surface area contributed by atoms with Crippen molar-refractivity contribution < 1.29 is 9.59 Å². The van der Waals surface area contributed by atoms with Crippen LogP contribution < -0.4 is 10.2 Å². The summed E-state index contributed by atoms with van der Waals surface area (Å²) in [6.45, 7) is 7.06. The minimum absolute atomic E-state index is 0.0151. The van der Waals surface area contributed by atoms with Crippen LogP contribution in [0.25, 0.3) is 0 Å². The van der Waals surface area contributed by atoms with E-state index in [1.807, 2.05) is 23.1 Å². The average molecular weight is 385 g/mol. The van der Waals surface area contributed by atoms with E-state index in [9.17, 15) is 9.59 Å². The summed E-state index contributed by atoms with van der Waals surface area (Å²) in [7, 11) is 0. The van der Waals surface area contributed by atoms with Gasteiger partial charge in [0.15, 0.2) is 0 Å². The summed E-state index contributed by atoms with van der Waals surface area (Å²) < 4.78 is 0. The Morgan fingerprint density at radius 3 is 2.50 bits per heavy atom. The van der Waals surface area contributed by atoms with E-state index in [4.69, 9.17) is 0 Å². The largest absolute Gasteiger partial charge is 0.322 e. The topological polar surface area (TPSA) is 55.9 Å². The van der Waals surface area contributed by atoms with Gasteiger partial charge < -0.3 is 15.1 Å². The first-order chi connectivity index (χ1) is 13.6. The number of urea groups is 1. The summed E-state index contributed by atoms with van der Waals surface area (Å²) in [4.78, 5) is 30.6. The molecule has 2 fully saturated rings. The Bertz CT molecular complexity index is 721. The molecular formula is C22H32N4O2. The number of rotatable bonds is 3. The van der Waals surface area contributed by atoms with Crippen LogP contribution in [-0.2, 0) is 11.2 Å². The SMILES string of the molecule is CC(=O)N1CCc2cc(NC(=O)N3CCN(CC4CCCCC4)CC3)ccc21. The molecule has 1 saturated heterocycles. The minimum Gasteiger partial charge on any atom is -0.322 e. The quantitative estimate of drug-likeness (QED) is 0.870. The van der Waals surface area contributed by atoms with Crippen molar-refractivity contribution in [3.05, 3.63) is 23.8 Å². The molecule has 28 heavy (non-hydrogen) atoms. The van der Waals surface area contributed by atoms with Gasteiger partial charge in [0.1, 0.15) is 0 Å². The van der Waals surface area contributed by atoms with Crippen LogP contribution >= 0.6 is 0 Å². The lowest BCUT2D eigenvalue weighted by Gasteiger charge is -2.37. The first-order valence-corrected chi connectivity index (χ1v) is 10.8. The number of anilines is 2. The Morgan fingerprint density at radius 1 is 1.04 bits per heavy atom. The molecule has 1 aromatic rings. The van der Waals surface area contributed by atoms with Crippen molar-refractivity contribution in [2.45, 2.75) is 45.4 Å². The Labute approximate surface area is 167 Å². The zero-order valence-electron chi connectivity index (χ0n) is 17.0. The van der Waals surface area contributed by atoms with Crippen LogP contribution in [0.4, 0.5) is 16.2 Å². The van der Waals surface area contributed by atoms with E-state index in [0.29, 0.717) is 0 Å². The van der Waals surface area contributed by atoms with Crippen molar-refractivity contribution in [1.82, 2.24) is 9.80 Å². The molecule has 6 nitrogen and oxygen atoms in total. The van der Waals surface area contributed by atoms with Crippen LogP contribution in [0.1, 0.15) is 44.6 Å². The van der Waals surface area contributed by atoms with Crippen molar-refractivity contribution in [2.75, 3.05) is 49.5 Å². The number of hydrogen-bond acceptors (Lipinski definition) is 3. The van der Waals surface area contributed by atoms with Gasteiger partial charge in [0.2, 0.25) is 5.91 Å². The Kier molecular flexibility index (Phi) is 5.85. The molecule has 3 aliphatic rings. The van der Waals surface area contributed by atoms with Gasteiger partial charge in [-0.1, -0.05) is 19.3 Å². The third-order valence-corrected chi connectivity index (χ3v) is 6.51. The lowest BCUT2D eigenvalue weighted by molar-refractivity contribution is -0.116. The van der Waals surface area contributed by atoms with Gasteiger partial charge in [0, 0.05) is 57.6 Å². The summed E-state index contributed by atoms with van der Waals surface area (Å²) in [5, 5.41) is 3.05. The van der Waals surface area contributed by atoms with Crippen LogP contribution in [0, 0.1) is 5.92 Å². The van der Waals surface area contributed by atoms with Gasteiger partial charge in [-0.15, -0.1) is 0 Å². The summed E-state index contributed by atoms with van der Waals surface area (Å²) in [5.74, 6) is 0.928. The first-order valence-electron chi connectivity index (χ1n) is 10.8. The fraction of sp³-hybridized carbons (Fsp3) is 0.636. The molecule has 0 aromatic heterocycles. The highest BCUT2D eigenvalue weighted by atomic mass is 16.2. The van der Waals surface area contributed by atoms with Gasteiger partial charge >= 0.3 is 6.03 Å². The van der Waals surface area contributed by atoms with Gasteiger partial charge in [-0.2, -0.15) is 0 Å². The first kappa shape index (κ1) is 19.2. The van der Waals surface area contributed by atoms with Crippen LogP contribution in [0.3, 0.4) is 0 Å². The lowest BCUT2D eigenvalue weighted by Crippen LogP contribution is -2.51. The lowest BCUT2D eigenvalue weighted by atomic mass is 9.89. The molecule has 6 heteroatoms. The highest BCUT2D eigenvalue weighted by molar-refractivity contribution is 5.95. The number of hydrogen-bond donors (Lipinski definition) is 1. The van der Waals surface area contributed by atoms with Gasteiger partial charge in [0.25, 0.3) is 0 Å². The summed E-state index contributed by atoms with van der Waals surface area (Å²) >= 11 is 0. The number of amides is 3. The van der Waals surface area contributed by atoms with Crippen molar-refractivity contribution in [3.63, 3.8) is 0 Å². The molecule has 1 N–H and O–H groups in total. The number of nitrogens with zero attached hydrogens (tertiary/aromatic N) is 3. The summed E-state index contributed by atoms with van der Waals surface area (Å²) in [6.07, 6.45) is 7.77. The standard InChI is InChI=1S/C22H32N4O2/c1-17(27)26-10-9-19-15-20(7-8-21(19)26)23-22(28)25-13-11-24(12-14-25)16-18-5-3-2-4-6-18/h7-8,15,18H,2-6,9-14,16H2,1H3,(H,23,28). The maximum absolute atomic E-state index is 12.7. The molecule has 0 bridgehead atoms. The Morgan fingerprint density at radius 2 is 1.79 bits per heavy atom. The third-order valence-electron chi connectivity index (χ3n) is 6.51. The minimum atomic E-state index is -0.0151. The van der Waals surface area contributed by atoms with Crippen LogP contribution in [0.15, 0.2) is 18.2 Å². The van der Waals surface area contributed by atoms with Crippen LogP contribution in [0.5, 0.6) is 0 Å². The number of carbonyl (C=O) groups is 2. The molecule has 0 atom stereocenters. The maximum Gasteiger partial charge on any atom is 0.321 e. The highest BCUT2D eigenvalue weighted by Gasteiger charge is 2.25. The van der Waals surface area contributed by atoms with Gasteiger partial charge in [0.05, 0.1) is 0 Å². The van der Waals surface area contributed by atoms with E-state index in [2.05, 4.69) is 10.2 Å². The average Bonchev–Trinajstić information content (AvgIpc) is 3.13. The molecule has 2 heterocycles. The molecule has 1 aromatic carbocycles. The zero-order chi connectivity index (χ0) is 19.5. The van der Waals surface area contributed by atoms with E-state index in [-0.39, 0.29) is 11.9 Å². The van der Waals surface area contributed by atoms with Gasteiger partial charge in [-0.25, -0.2) is 4.79 Å². The highest BCUT2D eigenvalue weighted by Crippen LogP contribution is 2.30. The van der Waals surface area contributed by atoms with E-state index >= 15 is 0 Å². The zero-order valence-corrected chi connectivity index (χ0v) is 17.0. The van der Waals surface area contributed by atoms with Crippen molar-refractivity contribution in [3.8, 4) is 0 Å².